The highest BCUT2D eigenvalue weighted by molar-refractivity contribution is 7.94. The number of hydrogen-bond donors (Lipinski definition) is 1. The molecule has 0 radical (unpaired) electrons. The topological polar surface area (TPSA) is 113 Å². The van der Waals surface area contributed by atoms with E-state index < -0.39 is 10.0 Å². The Morgan fingerprint density at radius 3 is 2.41 bits per heavy atom. The fraction of sp³-hybridized carbons (Fsp3) is 0.360. The summed E-state index contributed by atoms with van der Waals surface area (Å²) >= 11 is 6.15. The van der Waals surface area contributed by atoms with Crippen molar-refractivity contribution in [3.8, 4) is 5.88 Å². The first-order chi connectivity index (χ1) is 17.8. The molecule has 4 rings (SSSR count). The molecule has 0 aliphatic heterocycles. The van der Waals surface area contributed by atoms with Crippen molar-refractivity contribution >= 4 is 45.7 Å². The predicted octanol–water partition coefficient (Wildman–Crippen LogP) is 4.08. The van der Waals surface area contributed by atoms with E-state index in [4.69, 9.17) is 16.5 Å². The summed E-state index contributed by atoms with van der Waals surface area (Å²) in [6.07, 6.45) is 14.3. The monoisotopic (exact) mass is 543 g/mol. The van der Waals surface area contributed by atoms with Crippen LogP contribution in [0.15, 0.2) is 53.9 Å². The highest BCUT2D eigenvalue weighted by Crippen LogP contribution is 2.28. The van der Waals surface area contributed by atoms with E-state index >= 15 is 0 Å². The van der Waals surface area contributed by atoms with E-state index in [2.05, 4.69) is 44.2 Å². The van der Waals surface area contributed by atoms with Gasteiger partial charge >= 0.3 is 0 Å². The van der Waals surface area contributed by atoms with Gasteiger partial charge in [0.15, 0.2) is 5.82 Å². The smallest absolute Gasteiger partial charge is 0.281 e. The Morgan fingerprint density at radius 2 is 1.78 bits per heavy atom. The Morgan fingerprint density at radius 1 is 1.05 bits per heavy atom. The number of halogens is 1. The predicted molar refractivity (Wildman–Crippen MR) is 145 cm³/mol. The number of pyridine rings is 2. The van der Waals surface area contributed by atoms with Gasteiger partial charge in [-0.3, -0.25) is 4.98 Å². The molecule has 1 saturated carbocycles. The Balaban J connectivity index is 1.41. The van der Waals surface area contributed by atoms with Crippen LogP contribution in [-0.2, 0) is 10.0 Å². The lowest BCUT2D eigenvalue weighted by Crippen LogP contribution is -2.36. The van der Waals surface area contributed by atoms with Gasteiger partial charge in [-0.25, -0.2) is 9.97 Å². The fourth-order valence-corrected chi connectivity index (χ4v) is 5.46. The van der Waals surface area contributed by atoms with Gasteiger partial charge in [-0.2, -0.15) is 17.2 Å². The molecule has 0 atom stereocenters. The third-order valence-corrected chi connectivity index (χ3v) is 8.44. The minimum Gasteiger partial charge on any atom is -0.481 e. The molecule has 0 spiro atoms. The third kappa shape index (κ3) is 6.54. The molecule has 0 bridgehead atoms. The van der Waals surface area contributed by atoms with Crippen molar-refractivity contribution in [3.05, 3.63) is 60.2 Å². The van der Waals surface area contributed by atoms with Gasteiger partial charge in [0.05, 0.1) is 7.11 Å². The van der Waals surface area contributed by atoms with Gasteiger partial charge in [0.25, 0.3) is 10.0 Å². The van der Waals surface area contributed by atoms with Crippen molar-refractivity contribution in [1.82, 2.24) is 24.8 Å². The molecular weight excluding hydrogens is 514 g/mol. The molecule has 0 unspecified atom stereocenters. The summed E-state index contributed by atoms with van der Waals surface area (Å²) in [5.74, 6) is 0.831. The van der Waals surface area contributed by atoms with Crippen LogP contribution in [0.1, 0.15) is 36.8 Å². The van der Waals surface area contributed by atoms with E-state index in [0.29, 0.717) is 27.4 Å². The Bertz CT molecular complexity index is 1310. The number of nitrogens with one attached hydrogen (secondary N) is 1. The molecule has 10 nitrogen and oxygen atoms in total. The lowest BCUT2D eigenvalue weighted by atomic mass is 9.91. The maximum atomic E-state index is 12.8. The molecule has 196 valence electrons. The Labute approximate surface area is 222 Å². The molecule has 3 aromatic rings. The van der Waals surface area contributed by atoms with Crippen LogP contribution in [0.4, 0.5) is 11.8 Å². The van der Waals surface area contributed by atoms with E-state index in [0.717, 1.165) is 31.2 Å². The van der Waals surface area contributed by atoms with Crippen molar-refractivity contribution in [2.75, 3.05) is 30.3 Å². The van der Waals surface area contributed by atoms with Crippen molar-refractivity contribution in [3.63, 3.8) is 0 Å². The number of rotatable bonds is 9. The van der Waals surface area contributed by atoms with Gasteiger partial charge in [-0.1, -0.05) is 6.08 Å². The second-order valence-corrected chi connectivity index (χ2v) is 11.3. The van der Waals surface area contributed by atoms with E-state index in [1.165, 1.54) is 37.7 Å². The number of hydrogen-bond acceptors (Lipinski definition) is 9. The number of nitrogens with zero attached hydrogens (tertiary/aromatic N) is 6. The molecule has 0 amide bonds. The second-order valence-electron chi connectivity index (χ2n) is 8.96. The second kappa shape index (κ2) is 11.8. The lowest BCUT2D eigenvalue weighted by molar-refractivity contribution is 0.221. The van der Waals surface area contributed by atoms with Crippen LogP contribution in [0.2, 0.25) is 0 Å². The minimum absolute atomic E-state index is 0.00195. The molecule has 12 heteroatoms. The standard InChI is InChI=1S/C25H30ClN7O3S/c1-32(2)21-11-9-20(10-12-21)30-25-28-15-18(16-29-25)6-7-19-8-13-23(31-24(19)36-3)33(26)37(34,35)22-5-4-14-27-17-22/h4-8,13-17,20-21H,9-12H2,1-3H3,(H,28,29,30)/b7-6+. The van der Waals surface area contributed by atoms with E-state index in [-0.39, 0.29) is 16.6 Å². The number of ether oxygens (including phenoxy) is 1. The molecule has 1 fully saturated rings. The zero-order chi connectivity index (χ0) is 26.4. The van der Waals surface area contributed by atoms with Gasteiger partial charge in [0, 0.05) is 59.8 Å². The van der Waals surface area contributed by atoms with Crippen LogP contribution in [-0.4, -0.2) is 66.5 Å². The lowest BCUT2D eigenvalue weighted by Gasteiger charge is -2.32. The number of sulfonamides is 1. The quantitative estimate of drug-likeness (QED) is 0.399. The van der Waals surface area contributed by atoms with Crippen LogP contribution in [0, 0.1) is 0 Å². The highest BCUT2D eigenvalue weighted by Gasteiger charge is 2.26. The number of aromatic nitrogens is 4. The average molecular weight is 544 g/mol. The molecule has 3 aromatic heterocycles. The molecule has 1 aliphatic carbocycles. The van der Waals surface area contributed by atoms with Crippen LogP contribution < -0.4 is 13.9 Å². The first-order valence-electron chi connectivity index (χ1n) is 11.9. The van der Waals surface area contributed by atoms with Gasteiger partial charge in [0.1, 0.15) is 4.90 Å². The molecule has 0 saturated heterocycles. The summed E-state index contributed by atoms with van der Waals surface area (Å²) in [4.78, 5) is 19.2. The maximum absolute atomic E-state index is 12.8. The van der Waals surface area contributed by atoms with Crippen molar-refractivity contribution in [2.24, 2.45) is 0 Å². The summed E-state index contributed by atoms with van der Waals surface area (Å²) < 4.78 is 31.5. The summed E-state index contributed by atoms with van der Waals surface area (Å²) in [6, 6.07) is 7.12. The van der Waals surface area contributed by atoms with Gasteiger partial charge < -0.3 is 15.0 Å². The fourth-order valence-electron chi connectivity index (χ4n) is 4.15. The van der Waals surface area contributed by atoms with Crippen LogP contribution >= 0.6 is 11.8 Å². The van der Waals surface area contributed by atoms with Gasteiger partial charge in [-0.15, -0.1) is 0 Å². The number of methoxy groups -OCH3 is 1. The first kappa shape index (κ1) is 26.8. The van der Waals surface area contributed by atoms with Gasteiger partial charge in [0.2, 0.25) is 11.8 Å². The van der Waals surface area contributed by atoms with Crippen LogP contribution in [0.5, 0.6) is 5.88 Å². The minimum atomic E-state index is -4.03. The first-order valence-corrected chi connectivity index (χ1v) is 13.6. The highest BCUT2D eigenvalue weighted by atomic mass is 35.5. The van der Waals surface area contributed by atoms with Crippen molar-refractivity contribution < 1.29 is 13.2 Å². The van der Waals surface area contributed by atoms with Crippen LogP contribution in [0.3, 0.4) is 0 Å². The van der Waals surface area contributed by atoms with Crippen LogP contribution in [0.25, 0.3) is 12.2 Å². The zero-order valence-electron chi connectivity index (χ0n) is 21.0. The van der Waals surface area contributed by atoms with E-state index in [1.807, 2.05) is 6.08 Å². The molecule has 37 heavy (non-hydrogen) atoms. The molecule has 0 aromatic carbocycles. The molecule has 1 aliphatic rings. The SMILES string of the molecule is COc1nc(N(Cl)S(=O)(=O)c2cccnc2)ccc1/C=C/c1cnc(NC2CCC(N(C)C)CC2)nc1. The molecule has 1 N–H and O–H groups in total. The average Bonchev–Trinajstić information content (AvgIpc) is 2.93. The summed E-state index contributed by atoms with van der Waals surface area (Å²) in [5, 5.41) is 3.44. The number of anilines is 2. The Kier molecular flexibility index (Phi) is 8.57. The van der Waals surface area contributed by atoms with Crippen molar-refractivity contribution in [1.29, 1.82) is 0 Å². The third-order valence-electron chi connectivity index (χ3n) is 6.28. The van der Waals surface area contributed by atoms with Gasteiger partial charge in [-0.05, 0) is 70.1 Å². The molecular formula is C25H30ClN7O3S. The largest absolute Gasteiger partial charge is 0.481 e. The normalized spacial score (nSPS) is 18.2. The summed E-state index contributed by atoms with van der Waals surface area (Å²) in [5.41, 5.74) is 1.43. The molecule has 3 heterocycles. The van der Waals surface area contributed by atoms with E-state index in [9.17, 15) is 8.42 Å². The zero-order valence-corrected chi connectivity index (χ0v) is 22.5. The summed E-state index contributed by atoms with van der Waals surface area (Å²) in [6.45, 7) is 0. The maximum Gasteiger partial charge on any atom is 0.281 e. The van der Waals surface area contributed by atoms with Crippen molar-refractivity contribution in [2.45, 2.75) is 42.7 Å². The van der Waals surface area contributed by atoms with E-state index in [1.54, 1.807) is 24.5 Å². The Hall–Kier alpha value is -3.28. The summed E-state index contributed by atoms with van der Waals surface area (Å²) in [7, 11) is 1.69.